The number of nitrogens with zero attached hydrogens (tertiary/aromatic N) is 3. The van der Waals surface area contributed by atoms with Crippen LogP contribution in [0.2, 0.25) is 0 Å². The van der Waals surface area contributed by atoms with Crippen molar-refractivity contribution in [2.45, 2.75) is 100 Å². The molecule has 1 aliphatic rings. The van der Waals surface area contributed by atoms with Crippen LogP contribution in [0.4, 0.5) is 0 Å². The van der Waals surface area contributed by atoms with E-state index in [1.54, 1.807) is 48.3 Å². The highest BCUT2D eigenvalue weighted by Crippen LogP contribution is 2.19. The zero-order valence-corrected chi connectivity index (χ0v) is 40.5. The van der Waals surface area contributed by atoms with Crippen molar-refractivity contribution >= 4 is 95.4 Å². The van der Waals surface area contributed by atoms with E-state index in [9.17, 15) is 43.5 Å². The van der Waals surface area contributed by atoms with Gasteiger partial charge in [0.05, 0.1) is 12.6 Å². The molecule has 0 bridgehead atoms. The Morgan fingerprint density at radius 3 is 1.79 bits per heavy atom. The number of hydrogen-bond donors (Lipinski definition) is 13. The minimum atomic E-state index is -1.32. The number of carbonyl (C=O) groups is 8. The van der Waals surface area contributed by atoms with Crippen LogP contribution in [0, 0.1) is 0 Å². The van der Waals surface area contributed by atoms with Crippen LogP contribution in [-0.2, 0) is 44.8 Å². The van der Waals surface area contributed by atoms with Crippen LogP contribution in [0.1, 0.15) is 56.9 Å². The average molecular weight is 997 g/mol. The molecule has 67 heavy (non-hydrogen) atoms. The summed E-state index contributed by atoms with van der Waals surface area (Å²) >= 11 is 7.19. The Kier molecular flexibility index (Phi) is 27.1. The van der Waals surface area contributed by atoms with Crippen LogP contribution in [0.25, 0.3) is 0 Å². The highest BCUT2D eigenvalue weighted by molar-refractivity contribution is 7.98. The molecule has 0 spiro atoms. The number of carboxylic acids is 1. The number of thioether (sulfide) groups is 2. The Bertz CT molecular complexity index is 1860. The summed E-state index contributed by atoms with van der Waals surface area (Å²) in [5, 5.41) is 25.3. The lowest BCUT2D eigenvalue weighted by Gasteiger charge is -2.27. The minimum Gasteiger partial charge on any atom is -0.480 e. The number of likely N-dealkylation sites (tertiary alicyclic amines) is 1. The first-order valence-corrected chi connectivity index (χ1v) is 25.1. The first-order valence-electron chi connectivity index (χ1n) is 21.7. The number of carbonyl (C=O) groups excluding carboxylic acids is 7. The van der Waals surface area contributed by atoms with Gasteiger partial charge in [-0.25, -0.2) is 4.79 Å². The molecule has 1 fully saturated rings. The van der Waals surface area contributed by atoms with E-state index in [0.717, 1.165) is 0 Å². The molecule has 0 saturated carbocycles. The zero-order chi connectivity index (χ0) is 49.9. The van der Waals surface area contributed by atoms with Crippen LogP contribution in [-0.4, -0.2) is 167 Å². The largest absolute Gasteiger partial charge is 0.480 e. The summed E-state index contributed by atoms with van der Waals surface area (Å²) in [7, 11) is 0. The number of rotatable bonds is 31. The van der Waals surface area contributed by atoms with Crippen LogP contribution in [0.3, 0.4) is 0 Å². The Hall–Kier alpha value is -5.47. The number of hydrogen-bond acceptors (Lipinski definition) is 14. The van der Waals surface area contributed by atoms with Crippen molar-refractivity contribution in [1.82, 2.24) is 36.8 Å². The van der Waals surface area contributed by atoms with Gasteiger partial charge in [0.15, 0.2) is 11.9 Å². The number of guanidine groups is 2. The summed E-state index contributed by atoms with van der Waals surface area (Å²) in [6.45, 7) is 0.0413. The number of nitrogens with two attached hydrogens (primary N) is 5. The molecule has 0 unspecified atom stereocenters. The molecule has 0 radical (unpaired) electrons. The molecule has 26 heteroatoms. The third kappa shape index (κ3) is 21.8. The fourth-order valence-electron chi connectivity index (χ4n) is 6.80. The Labute approximate surface area is 404 Å². The van der Waals surface area contributed by atoms with Gasteiger partial charge in [-0.1, -0.05) is 30.3 Å². The van der Waals surface area contributed by atoms with Crippen molar-refractivity contribution < 1.29 is 43.5 Å². The summed E-state index contributed by atoms with van der Waals surface area (Å²) in [5.41, 5.74) is 28.4. The third-order valence-corrected chi connectivity index (χ3v) is 12.0. The first kappa shape index (κ1) is 57.7. The van der Waals surface area contributed by atoms with E-state index in [1.807, 2.05) is 6.26 Å². The van der Waals surface area contributed by atoms with E-state index in [4.69, 9.17) is 28.7 Å². The number of aliphatic imine (C=N–C) groups is 2. The smallest absolute Gasteiger partial charge is 0.326 e. The second-order valence-electron chi connectivity index (χ2n) is 15.5. The molecule has 17 N–H and O–H groups in total. The molecule has 23 nitrogen and oxygen atoms in total. The van der Waals surface area contributed by atoms with Crippen molar-refractivity contribution in [2.24, 2.45) is 38.7 Å². The molecule has 2 rings (SSSR count). The molecule has 1 saturated heterocycles. The molecule has 7 amide bonds. The third-order valence-electron chi connectivity index (χ3n) is 10.3. The fraction of sp³-hybridized carbons (Fsp3) is 0.610. The second-order valence-corrected chi connectivity index (χ2v) is 17.9. The number of amides is 7. The number of nitrogens with one attached hydrogen (secondary N) is 6. The average Bonchev–Trinajstić information content (AvgIpc) is 3.79. The van der Waals surface area contributed by atoms with Gasteiger partial charge >= 0.3 is 5.97 Å². The van der Waals surface area contributed by atoms with Gasteiger partial charge in [0.2, 0.25) is 41.4 Å². The Morgan fingerprint density at radius 2 is 1.24 bits per heavy atom. The predicted molar refractivity (Wildman–Crippen MR) is 263 cm³/mol. The van der Waals surface area contributed by atoms with Crippen molar-refractivity contribution in [3.63, 3.8) is 0 Å². The van der Waals surface area contributed by atoms with E-state index in [1.165, 1.54) is 16.7 Å². The van der Waals surface area contributed by atoms with Crippen molar-refractivity contribution in [3.8, 4) is 0 Å². The summed E-state index contributed by atoms with van der Waals surface area (Å²) in [6, 6.07) is 0.669. The quantitative estimate of drug-likeness (QED) is 0.0150. The van der Waals surface area contributed by atoms with E-state index in [0.29, 0.717) is 42.9 Å². The normalized spacial score (nSPS) is 15.8. The number of carboxylic acid groups (broad SMARTS) is 1. The van der Waals surface area contributed by atoms with Crippen molar-refractivity contribution in [1.29, 1.82) is 0 Å². The molecule has 1 aliphatic heterocycles. The molecule has 1 aromatic carbocycles. The van der Waals surface area contributed by atoms with Gasteiger partial charge in [0, 0.05) is 31.8 Å². The molecule has 1 heterocycles. The maximum Gasteiger partial charge on any atom is 0.326 e. The van der Waals surface area contributed by atoms with Gasteiger partial charge < -0.3 is 70.6 Å². The number of thiol groups is 1. The van der Waals surface area contributed by atoms with Crippen LogP contribution in [0.15, 0.2) is 40.3 Å². The minimum absolute atomic E-state index is 0.00936. The molecule has 7 atom stereocenters. The lowest BCUT2D eigenvalue weighted by molar-refractivity contribution is -0.142. The molecule has 0 aromatic heterocycles. The van der Waals surface area contributed by atoms with Gasteiger partial charge in [-0.05, 0) is 80.9 Å². The first-order chi connectivity index (χ1) is 31.9. The molecule has 374 valence electrons. The van der Waals surface area contributed by atoms with Crippen LogP contribution < -0.4 is 60.6 Å². The lowest BCUT2D eigenvalue weighted by atomic mass is 10.0. The molecule has 1 aromatic rings. The van der Waals surface area contributed by atoms with E-state index < -0.39 is 90.3 Å². The predicted octanol–water partition coefficient (Wildman–Crippen LogP) is -3.28. The summed E-state index contributed by atoms with van der Waals surface area (Å²) in [4.78, 5) is 116. The maximum absolute atomic E-state index is 14.2. The number of benzene rings is 1. The van der Waals surface area contributed by atoms with Crippen LogP contribution in [0.5, 0.6) is 0 Å². The Balaban J connectivity index is 2.27. The zero-order valence-electron chi connectivity index (χ0n) is 37.9. The molecular formula is C41H68N14O9S3. The van der Waals surface area contributed by atoms with Gasteiger partial charge in [0.1, 0.15) is 36.3 Å². The standard InChI is InChI=1S/C41H68N14O9S3/c1-66-19-14-25(42)38(62)55-18-8-13-31(55)37(61)49-22-32(56)50-30(23-65)36(60)54-29(21-24-9-4-3-5-10-24)35(59)51-26(11-6-16-47-40(43)44)33(57)52-27(15-20-67-2)34(58)53-28(39(63)64)12-7-17-48-41(45)46/h3-5,9-10,25-31,65H,6-8,11-23,42H2,1-2H3,(H,49,61)(H,50,56)(H,51,59)(H,52,57)(H,53,58)(H,54,60)(H,63,64)(H4,43,44,47)(H4,45,46,48)/t25-,26-,27-,28-,29-,30-,31-/m0/s1. The SMILES string of the molecule is CSCC[C@H](NC(=O)[C@H](CCCN=C(N)N)NC(=O)[C@H](Cc1ccccc1)NC(=O)[C@H](CS)NC(=O)CNC(=O)[C@@H]1CCCN1C(=O)[C@@H](N)CCSC)C(=O)N[C@@H](CCCN=C(N)N)C(=O)O. The summed E-state index contributed by atoms with van der Waals surface area (Å²) in [5.74, 6) is -5.57. The summed E-state index contributed by atoms with van der Waals surface area (Å²) < 4.78 is 0. The van der Waals surface area contributed by atoms with E-state index in [2.05, 4.69) is 54.5 Å². The monoisotopic (exact) mass is 996 g/mol. The maximum atomic E-state index is 14.2. The highest BCUT2D eigenvalue weighted by atomic mass is 32.2. The van der Waals surface area contributed by atoms with Gasteiger partial charge in [-0.3, -0.25) is 43.5 Å². The van der Waals surface area contributed by atoms with Crippen molar-refractivity contribution in [2.75, 3.05) is 55.9 Å². The van der Waals surface area contributed by atoms with Gasteiger partial charge in [-0.15, -0.1) is 0 Å². The highest BCUT2D eigenvalue weighted by Gasteiger charge is 2.37. The van der Waals surface area contributed by atoms with Crippen LogP contribution >= 0.6 is 36.2 Å². The second kappa shape index (κ2) is 31.5. The number of aliphatic carboxylic acids is 1. The van der Waals surface area contributed by atoms with Crippen molar-refractivity contribution in [3.05, 3.63) is 35.9 Å². The van der Waals surface area contributed by atoms with E-state index in [-0.39, 0.29) is 75.2 Å². The molecular weight excluding hydrogens is 929 g/mol. The van der Waals surface area contributed by atoms with E-state index >= 15 is 0 Å². The Morgan fingerprint density at radius 1 is 0.731 bits per heavy atom. The van der Waals surface area contributed by atoms with Gasteiger partial charge in [0.25, 0.3) is 0 Å². The lowest BCUT2D eigenvalue weighted by Crippen LogP contribution is -2.59. The summed E-state index contributed by atoms with van der Waals surface area (Å²) in [6.07, 6.45) is 5.56. The topological polar surface area (TPSA) is 387 Å². The molecule has 0 aliphatic carbocycles. The fourth-order valence-corrected chi connectivity index (χ4v) is 8.01. The van der Waals surface area contributed by atoms with Gasteiger partial charge in [-0.2, -0.15) is 36.2 Å².